The fourth-order valence-corrected chi connectivity index (χ4v) is 3.48. The second-order valence-corrected chi connectivity index (χ2v) is 7.45. The molecule has 0 saturated carbocycles. The number of benzene rings is 1. The lowest BCUT2D eigenvalue weighted by Gasteiger charge is -2.12. The van der Waals surface area contributed by atoms with Gasteiger partial charge >= 0.3 is 0 Å². The Morgan fingerprint density at radius 2 is 1.96 bits per heavy atom. The second-order valence-electron chi connectivity index (χ2n) is 5.46. The third-order valence-electron chi connectivity index (χ3n) is 3.76. The van der Waals surface area contributed by atoms with E-state index in [0.29, 0.717) is 18.8 Å². The zero-order valence-corrected chi connectivity index (χ0v) is 16.4. The number of nitrogens with zero attached hydrogens (tertiary/aromatic N) is 1. The maximum absolute atomic E-state index is 11.8. The molecule has 0 radical (unpaired) electrons. The van der Waals surface area contributed by atoms with Crippen LogP contribution in [0.25, 0.3) is 0 Å². The summed E-state index contributed by atoms with van der Waals surface area (Å²) in [6.45, 7) is 2.10. The summed E-state index contributed by atoms with van der Waals surface area (Å²) in [6.07, 6.45) is 5.70. The second kappa shape index (κ2) is 10.9. The van der Waals surface area contributed by atoms with Crippen molar-refractivity contribution in [1.29, 1.82) is 0 Å². The van der Waals surface area contributed by atoms with Crippen molar-refractivity contribution in [2.45, 2.75) is 30.0 Å². The number of carbonyl (C=O) groups excluding carboxylic acids is 2. The van der Waals surface area contributed by atoms with Gasteiger partial charge in [-0.3, -0.25) is 14.9 Å². The number of hydrogen-bond acceptors (Lipinski definition) is 6. The lowest BCUT2D eigenvalue weighted by atomic mass is 10.1. The van der Waals surface area contributed by atoms with E-state index in [0.717, 1.165) is 22.8 Å². The smallest absolute Gasteiger partial charge is 0.239 e. The quantitative estimate of drug-likeness (QED) is 0.381. The molecule has 2 amide bonds. The molecule has 138 valence electrons. The Kier molecular flexibility index (Phi) is 8.50. The highest BCUT2D eigenvalue weighted by atomic mass is 32.2. The van der Waals surface area contributed by atoms with Crippen LogP contribution >= 0.6 is 23.5 Å². The van der Waals surface area contributed by atoms with Gasteiger partial charge in [0.25, 0.3) is 0 Å². The van der Waals surface area contributed by atoms with E-state index in [1.165, 1.54) is 29.1 Å². The Labute approximate surface area is 162 Å². The Morgan fingerprint density at radius 1 is 1.23 bits per heavy atom. The van der Waals surface area contributed by atoms with Crippen LogP contribution < -0.4 is 10.1 Å². The van der Waals surface area contributed by atoms with Crippen molar-refractivity contribution in [1.82, 2.24) is 10.3 Å². The fraction of sp³-hybridized carbons (Fsp3) is 0.316. The van der Waals surface area contributed by atoms with E-state index in [1.807, 2.05) is 42.8 Å². The lowest BCUT2D eigenvalue weighted by molar-refractivity contribution is -0.124. The molecule has 0 saturated heterocycles. The molecule has 26 heavy (non-hydrogen) atoms. The molecule has 5 nitrogen and oxygen atoms in total. The largest absolute Gasteiger partial charge is 0.483 e. The first-order chi connectivity index (χ1) is 12.7. The van der Waals surface area contributed by atoms with Crippen LogP contribution in [0.5, 0.6) is 5.75 Å². The summed E-state index contributed by atoms with van der Waals surface area (Å²) in [4.78, 5) is 26.6. The minimum absolute atomic E-state index is 0.272. The number of hydrogen-bond donors (Lipinski definition) is 1. The number of imide groups is 1. The van der Waals surface area contributed by atoms with Gasteiger partial charge in [0.05, 0.1) is 10.3 Å². The average Bonchev–Trinajstić information content (AvgIpc) is 2.68. The molecule has 2 aromatic rings. The molecule has 1 N–H and O–H groups in total. The number of amides is 2. The monoisotopic (exact) mass is 390 g/mol. The number of aromatic nitrogens is 1. The number of carbonyl (C=O) groups is 2. The van der Waals surface area contributed by atoms with Crippen molar-refractivity contribution in [3.8, 4) is 5.75 Å². The summed E-state index contributed by atoms with van der Waals surface area (Å²) >= 11 is 2.96. The van der Waals surface area contributed by atoms with E-state index < -0.39 is 0 Å². The van der Waals surface area contributed by atoms with E-state index in [4.69, 9.17) is 4.74 Å². The molecule has 0 aliphatic heterocycles. The Bertz CT molecular complexity index is 706. The molecule has 0 spiro atoms. The first-order valence-corrected chi connectivity index (χ1v) is 10.5. The van der Waals surface area contributed by atoms with Gasteiger partial charge in [-0.05, 0) is 48.4 Å². The third-order valence-corrected chi connectivity index (χ3v) is 5.48. The van der Waals surface area contributed by atoms with E-state index in [9.17, 15) is 9.59 Å². The van der Waals surface area contributed by atoms with Crippen molar-refractivity contribution in [2.24, 2.45) is 0 Å². The van der Waals surface area contributed by atoms with Gasteiger partial charge in [0, 0.05) is 6.20 Å². The van der Waals surface area contributed by atoms with Crippen LogP contribution in [0.2, 0.25) is 0 Å². The maximum atomic E-state index is 11.8. The Morgan fingerprint density at radius 3 is 2.54 bits per heavy atom. The molecule has 1 heterocycles. The van der Waals surface area contributed by atoms with Gasteiger partial charge in [-0.2, -0.15) is 11.8 Å². The fourth-order valence-electron chi connectivity index (χ4n) is 2.23. The predicted molar refractivity (Wildman–Crippen MR) is 107 cm³/mol. The molecule has 0 aliphatic carbocycles. The number of ether oxygens (including phenoxy) is 1. The minimum Gasteiger partial charge on any atom is -0.483 e. The van der Waals surface area contributed by atoms with Crippen LogP contribution in [-0.2, 0) is 22.4 Å². The summed E-state index contributed by atoms with van der Waals surface area (Å²) in [7, 11) is 0. The van der Waals surface area contributed by atoms with Gasteiger partial charge in [-0.15, -0.1) is 0 Å². The number of pyridine rings is 1. The predicted octanol–water partition coefficient (Wildman–Crippen LogP) is 3.32. The number of thioether (sulfide) groups is 2. The summed E-state index contributed by atoms with van der Waals surface area (Å²) in [5, 5.41) is 2.85. The molecule has 1 aromatic carbocycles. The van der Waals surface area contributed by atoms with Crippen LogP contribution in [0, 0.1) is 0 Å². The van der Waals surface area contributed by atoms with Crippen molar-refractivity contribution < 1.29 is 14.3 Å². The van der Waals surface area contributed by atoms with Crippen molar-refractivity contribution in [2.75, 3.05) is 12.2 Å². The molecule has 0 fully saturated rings. The van der Waals surface area contributed by atoms with Gasteiger partial charge in [-0.25, -0.2) is 4.98 Å². The van der Waals surface area contributed by atoms with E-state index in [1.54, 1.807) is 0 Å². The van der Waals surface area contributed by atoms with Crippen LogP contribution in [0.4, 0.5) is 0 Å². The standard InChI is InChI=1S/C19H22N2O3S2/c1-3-14-6-9-18(20-11-14)26-13-24-16-7-4-15(5-8-16)10-17(25-2)19(23)21-12-22/h4-9,11-12,17H,3,10,13H2,1-2H3,(H,21,22,23). The summed E-state index contributed by atoms with van der Waals surface area (Å²) in [5.41, 5.74) is 2.23. The first-order valence-electron chi connectivity index (χ1n) is 8.22. The zero-order chi connectivity index (χ0) is 18.8. The molecule has 1 aromatic heterocycles. The maximum Gasteiger partial charge on any atom is 0.239 e. The summed E-state index contributed by atoms with van der Waals surface area (Å²) in [6, 6.07) is 11.7. The highest BCUT2D eigenvalue weighted by molar-refractivity contribution is 8.00. The summed E-state index contributed by atoms with van der Waals surface area (Å²) < 4.78 is 5.73. The van der Waals surface area contributed by atoms with Gasteiger partial charge < -0.3 is 4.74 Å². The topological polar surface area (TPSA) is 68.3 Å². The van der Waals surface area contributed by atoms with E-state index in [-0.39, 0.29) is 11.2 Å². The zero-order valence-electron chi connectivity index (χ0n) is 14.8. The van der Waals surface area contributed by atoms with Crippen LogP contribution in [0.3, 0.4) is 0 Å². The average molecular weight is 391 g/mol. The molecule has 1 atom stereocenters. The Hall–Kier alpha value is -1.99. The molecular weight excluding hydrogens is 368 g/mol. The molecular formula is C19H22N2O3S2. The molecule has 0 bridgehead atoms. The van der Waals surface area contributed by atoms with E-state index >= 15 is 0 Å². The van der Waals surface area contributed by atoms with Crippen LogP contribution in [0.1, 0.15) is 18.1 Å². The summed E-state index contributed by atoms with van der Waals surface area (Å²) in [5.74, 6) is 0.975. The van der Waals surface area contributed by atoms with Crippen LogP contribution in [0.15, 0.2) is 47.6 Å². The van der Waals surface area contributed by atoms with Crippen LogP contribution in [-0.4, -0.2) is 34.7 Å². The highest BCUT2D eigenvalue weighted by Gasteiger charge is 2.17. The SMILES string of the molecule is CCc1ccc(SCOc2ccc(CC(SC)C(=O)NC=O)cc2)nc1. The third kappa shape index (κ3) is 6.38. The molecule has 2 rings (SSSR count). The van der Waals surface area contributed by atoms with Gasteiger partial charge in [0.1, 0.15) is 11.7 Å². The first kappa shape index (κ1) is 20.3. The molecule has 1 unspecified atom stereocenters. The number of aryl methyl sites for hydroxylation is 1. The van der Waals surface area contributed by atoms with Crippen molar-refractivity contribution in [3.05, 3.63) is 53.7 Å². The number of nitrogens with one attached hydrogen (secondary N) is 1. The highest BCUT2D eigenvalue weighted by Crippen LogP contribution is 2.21. The van der Waals surface area contributed by atoms with Gasteiger partial charge in [0.2, 0.25) is 12.3 Å². The molecule has 7 heteroatoms. The van der Waals surface area contributed by atoms with Crippen molar-refractivity contribution in [3.63, 3.8) is 0 Å². The number of rotatable bonds is 10. The van der Waals surface area contributed by atoms with Crippen molar-refractivity contribution >= 4 is 35.8 Å². The minimum atomic E-state index is -0.292. The van der Waals surface area contributed by atoms with Gasteiger partial charge in [0.15, 0.2) is 0 Å². The van der Waals surface area contributed by atoms with Gasteiger partial charge in [-0.1, -0.05) is 36.9 Å². The molecule has 0 aliphatic rings. The van der Waals surface area contributed by atoms with E-state index in [2.05, 4.69) is 23.3 Å². The Balaban J connectivity index is 1.82. The lowest BCUT2D eigenvalue weighted by Crippen LogP contribution is -2.32. The normalized spacial score (nSPS) is 11.6.